The van der Waals surface area contributed by atoms with E-state index in [0.717, 1.165) is 8.96 Å². The molecule has 6 heteroatoms. The molecule has 1 unspecified atom stereocenters. The van der Waals surface area contributed by atoms with Gasteiger partial charge in [0.2, 0.25) is 0 Å². The number of alkyl halides is 1. The number of hydrogen-bond donors (Lipinski definition) is 0. The van der Waals surface area contributed by atoms with Crippen molar-refractivity contribution in [2.75, 3.05) is 12.5 Å². The third kappa shape index (κ3) is 3.57. The first-order valence-electron chi connectivity index (χ1n) is 5.66. The minimum atomic E-state index is 0.266. The number of ether oxygens (including phenoxy) is 1. The minimum absolute atomic E-state index is 0.266. The van der Waals surface area contributed by atoms with Crippen LogP contribution in [0.5, 0.6) is 5.75 Å². The molecule has 0 fully saturated rings. The minimum Gasteiger partial charge on any atom is -0.490 e. The fraction of sp³-hybridized carbons (Fsp3) is 0.308. The Balaban J connectivity index is 2.49. The van der Waals surface area contributed by atoms with Gasteiger partial charge in [0, 0.05) is 17.2 Å². The lowest BCUT2D eigenvalue weighted by atomic mass is 10.2. The van der Waals surface area contributed by atoms with E-state index in [1.807, 2.05) is 19.1 Å². The summed E-state index contributed by atoms with van der Waals surface area (Å²) in [5.74, 6) is 1.53. The Morgan fingerprint density at radius 2 is 2.11 bits per heavy atom. The molecule has 2 nitrogen and oxygen atoms in total. The van der Waals surface area contributed by atoms with Gasteiger partial charge < -0.3 is 4.74 Å². The summed E-state index contributed by atoms with van der Waals surface area (Å²) in [5, 5.41) is 1.89. The van der Waals surface area contributed by atoms with Crippen LogP contribution in [0, 0.1) is 9.49 Å². The molecule has 0 N–H and O–H groups in total. The highest BCUT2D eigenvalue weighted by Gasteiger charge is 2.14. The molecule has 1 heterocycles. The van der Waals surface area contributed by atoms with Gasteiger partial charge in [-0.1, -0.05) is 30.1 Å². The molecule has 2 rings (SSSR count). The molecule has 0 saturated heterocycles. The number of pyridine rings is 1. The van der Waals surface area contributed by atoms with Gasteiger partial charge in [-0.25, -0.2) is 4.98 Å². The van der Waals surface area contributed by atoms with E-state index in [2.05, 4.69) is 27.6 Å². The summed E-state index contributed by atoms with van der Waals surface area (Å²) in [6.07, 6.45) is 0. The molecule has 0 spiro atoms. The zero-order chi connectivity index (χ0) is 14.0. The predicted molar refractivity (Wildman–Crippen MR) is 89.9 cm³/mol. The third-order valence-corrected chi connectivity index (χ3v) is 4.43. The molecular formula is C13H11Cl3INO. The van der Waals surface area contributed by atoms with Gasteiger partial charge in [0.1, 0.15) is 10.7 Å². The standard InChI is InChI=1S/C13H11Cl3INO/c1-7(5-14)6-19-13-10(17)4-9(15)8-2-3-11(16)18-12(8)13/h2-4,7H,5-6H2,1H3. The molecule has 0 aliphatic rings. The fourth-order valence-electron chi connectivity index (χ4n) is 1.58. The average molecular weight is 431 g/mol. The number of benzene rings is 1. The van der Waals surface area contributed by atoms with Gasteiger partial charge in [-0.15, -0.1) is 11.6 Å². The van der Waals surface area contributed by atoms with E-state index in [1.165, 1.54) is 0 Å². The molecule has 0 saturated carbocycles. The molecule has 0 aliphatic carbocycles. The van der Waals surface area contributed by atoms with Gasteiger partial charge in [0.05, 0.1) is 15.2 Å². The lowest BCUT2D eigenvalue weighted by Gasteiger charge is -2.14. The van der Waals surface area contributed by atoms with Crippen molar-refractivity contribution in [3.63, 3.8) is 0 Å². The van der Waals surface area contributed by atoms with Gasteiger partial charge in [-0.2, -0.15) is 0 Å². The van der Waals surface area contributed by atoms with E-state index in [-0.39, 0.29) is 5.92 Å². The van der Waals surface area contributed by atoms with Crippen LogP contribution in [0.4, 0.5) is 0 Å². The third-order valence-electron chi connectivity index (χ3n) is 2.58. The molecule has 19 heavy (non-hydrogen) atoms. The van der Waals surface area contributed by atoms with Crippen LogP contribution in [0.25, 0.3) is 10.9 Å². The predicted octanol–water partition coefficient (Wildman–Crippen LogP) is 5.40. The Labute approximate surface area is 140 Å². The lowest BCUT2D eigenvalue weighted by molar-refractivity contribution is 0.273. The normalized spacial score (nSPS) is 12.7. The SMILES string of the molecule is CC(CCl)COc1c(I)cc(Cl)c2ccc(Cl)nc12. The van der Waals surface area contributed by atoms with Crippen molar-refractivity contribution in [1.82, 2.24) is 4.98 Å². The Kier molecular flexibility index (Phi) is 5.40. The summed E-state index contributed by atoms with van der Waals surface area (Å²) in [5.41, 5.74) is 0.686. The van der Waals surface area contributed by atoms with Gasteiger partial charge in [0.15, 0.2) is 5.75 Å². The molecule has 1 atom stereocenters. The molecule has 102 valence electrons. The van der Waals surface area contributed by atoms with Crippen LogP contribution in [-0.4, -0.2) is 17.5 Å². The zero-order valence-electron chi connectivity index (χ0n) is 10.1. The lowest BCUT2D eigenvalue weighted by Crippen LogP contribution is -2.10. The summed E-state index contributed by atoms with van der Waals surface area (Å²) in [7, 11) is 0. The second-order valence-corrected chi connectivity index (χ2v) is 6.54. The van der Waals surface area contributed by atoms with E-state index >= 15 is 0 Å². The monoisotopic (exact) mass is 429 g/mol. The fourth-order valence-corrected chi connectivity index (χ4v) is 2.98. The number of aromatic nitrogens is 1. The first-order valence-corrected chi connectivity index (χ1v) is 8.03. The number of hydrogen-bond acceptors (Lipinski definition) is 2. The highest BCUT2D eigenvalue weighted by molar-refractivity contribution is 14.1. The molecule has 0 amide bonds. The van der Waals surface area contributed by atoms with Crippen molar-refractivity contribution in [1.29, 1.82) is 0 Å². The number of fused-ring (bicyclic) bond motifs is 1. The van der Waals surface area contributed by atoms with Crippen LogP contribution in [0.15, 0.2) is 18.2 Å². The molecule has 2 aromatic rings. The van der Waals surface area contributed by atoms with Crippen LogP contribution in [0.1, 0.15) is 6.92 Å². The summed E-state index contributed by atoms with van der Waals surface area (Å²) in [4.78, 5) is 4.32. The Bertz CT molecular complexity index is 606. The maximum Gasteiger partial charge on any atom is 0.158 e. The Morgan fingerprint density at radius 1 is 1.37 bits per heavy atom. The number of rotatable bonds is 4. The van der Waals surface area contributed by atoms with E-state index in [4.69, 9.17) is 39.5 Å². The van der Waals surface area contributed by atoms with Crippen molar-refractivity contribution < 1.29 is 4.74 Å². The topological polar surface area (TPSA) is 22.1 Å². The van der Waals surface area contributed by atoms with E-state index in [1.54, 1.807) is 6.07 Å². The highest BCUT2D eigenvalue weighted by Crippen LogP contribution is 2.35. The summed E-state index contributed by atoms with van der Waals surface area (Å²) >= 11 is 20.1. The summed E-state index contributed by atoms with van der Waals surface area (Å²) < 4.78 is 6.75. The Hall–Kier alpha value is 0.0300. The summed E-state index contributed by atoms with van der Waals surface area (Å²) in [6.45, 7) is 2.56. The van der Waals surface area contributed by atoms with Crippen LogP contribution in [0.3, 0.4) is 0 Å². The largest absolute Gasteiger partial charge is 0.490 e. The quantitative estimate of drug-likeness (QED) is 0.368. The first-order chi connectivity index (χ1) is 9.02. The van der Waals surface area contributed by atoms with Gasteiger partial charge >= 0.3 is 0 Å². The summed E-state index contributed by atoms with van der Waals surface area (Å²) in [6, 6.07) is 5.43. The number of halogens is 4. The molecular weight excluding hydrogens is 419 g/mol. The van der Waals surface area contributed by atoms with Crippen molar-refractivity contribution in [3.05, 3.63) is 31.9 Å². The van der Waals surface area contributed by atoms with E-state index < -0.39 is 0 Å². The van der Waals surface area contributed by atoms with Gasteiger partial charge in [-0.3, -0.25) is 0 Å². The van der Waals surface area contributed by atoms with Crippen LogP contribution in [0.2, 0.25) is 10.2 Å². The highest BCUT2D eigenvalue weighted by atomic mass is 127. The number of nitrogens with zero attached hydrogens (tertiary/aromatic N) is 1. The van der Waals surface area contributed by atoms with Crippen molar-refractivity contribution in [2.45, 2.75) is 6.92 Å². The van der Waals surface area contributed by atoms with Crippen LogP contribution < -0.4 is 4.74 Å². The van der Waals surface area contributed by atoms with E-state index in [9.17, 15) is 0 Å². The molecule has 1 aromatic carbocycles. The second kappa shape index (κ2) is 6.66. The van der Waals surface area contributed by atoms with Crippen LogP contribution in [-0.2, 0) is 0 Å². The molecule has 0 radical (unpaired) electrons. The smallest absolute Gasteiger partial charge is 0.158 e. The van der Waals surface area contributed by atoms with Crippen molar-refractivity contribution >= 4 is 68.3 Å². The Morgan fingerprint density at radius 3 is 2.79 bits per heavy atom. The van der Waals surface area contributed by atoms with Crippen molar-refractivity contribution in [2.24, 2.45) is 5.92 Å². The average Bonchev–Trinajstić information content (AvgIpc) is 2.37. The first kappa shape index (κ1) is 15.4. The molecule has 1 aromatic heterocycles. The molecule has 0 bridgehead atoms. The van der Waals surface area contributed by atoms with Crippen molar-refractivity contribution in [3.8, 4) is 5.75 Å². The second-order valence-electron chi connectivity index (χ2n) is 4.27. The zero-order valence-corrected chi connectivity index (χ0v) is 14.5. The maximum atomic E-state index is 6.21. The molecule has 0 aliphatic heterocycles. The van der Waals surface area contributed by atoms with Gasteiger partial charge in [0.25, 0.3) is 0 Å². The van der Waals surface area contributed by atoms with Gasteiger partial charge in [-0.05, 0) is 40.8 Å². The maximum absolute atomic E-state index is 6.21. The van der Waals surface area contributed by atoms with Crippen LogP contribution >= 0.6 is 57.4 Å². The van der Waals surface area contributed by atoms with E-state index in [0.29, 0.717) is 33.9 Å².